The van der Waals surface area contributed by atoms with Gasteiger partial charge in [-0.05, 0) is 58.5 Å². The van der Waals surface area contributed by atoms with Crippen LogP contribution in [0.5, 0.6) is 0 Å². The average Bonchev–Trinajstić information content (AvgIpc) is 2.40. The van der Waals surface area contributed by atoms with Gasteiger partial charge in [-0.3, -0.25) is 0 Å². The molecular formula is C14H27NO. The quantitative estimate of drug-likeness (QED) is 0.555. The number of allylic oxidation sites excluding steroid dienone is 1. The van der Waals surface area contributed by atoms with Crippen LogP contribution < -0.4 is 0 Å². The second-order valence-corrected chi connectivity index (χ2v) is 5.33. The fourth-order valence-corrected chi connectivity index (χ4v) is 2.34. The number of rotatable bonds is 6. The highest BCUT2D eigenvalue weighted by atomic mass is 16.3. The molecule has 1 aliphatic rings. The van der Waals surface area contributed by atoms with Gasteiger partial charge in [-0.2, -0.15) is 0 Å². The monoisotopic (exact) mass is 225 g/mol. The lowest BCUT2D eigenvalue weighted by atomic mass is 9.98. The summed E-state index contributed by atoms with van der Waals surface area (Å²) in [5.74, 6) is 0. The van der Waals surface area contributed by atoms with E-state index in [1.54, 1.807) is 0 Å². The Morgan fingerprint density at radius 1 is 1.25 bits per heavy atom. The summed E-state index contributed by atoms with van der Waals surface area (Å²) in [5, 5.41) is 9.98. The van der Waals surface area contributed by atoms with Crippen molar-refractivity contribution in [3.8, 4) is 0 Å². The summed E-state index contributed by atoms with van der Waals surface area (Å²) in [5.41, 5.74) is -0.419. The first kappa shape index (κ1) is 13.7. The van der Waals surface area contributed by atoms with Crippen molar-refractivity contribution in [2.24, 2.45) is 0 Å². The van der Waals surface area contributed by atoms with Gasteiger partial charge in [0.15, 0.2) is 0 Å². The SMILES string of the molecule is C=CCCCCCN1CCCC(C)(O)CC1. The van der Waals surface area contributed by atoms with Crippen LogP contribution in [0.4, 0.5) is 0 Å². The Kier molecular flexibility index (Phi) is 6.07. The highest BCUT2D eigenvalue weighted by Crippen LogP contribution is 2.21. The number of likely N-dealkylation sites (tertiary alicyclic amines) is 1. The third kappa shape index (κ3) is 5.66. The molecule has 0 saturated carbocycles. The summed E-state index contributed by atoms with van der Waals surface area (Å²) >= 11 is 0. The van der Waals surface area contributed by atoms with Gasteiger partial charge in [0, 0.05) is 6.54 Å². The zero-order valence-electron chi connectivity index (χ0n) is 10.7. The van der Waals surface area contributed by atoms with Crippen LogP contribution in [0.15, 0.2) is 12.7 Å². The van der Waals surface area contributed by atoms with Gasteiger partial charge >= 0.3 is 0 Å². The molecule has 1 unspecified atom stereocenters. The van der Waals surface area contributed by atoms with Crippen LogP contribution in [0, 0.1) is 0 Å². The van der Waals surface area contributed by atoms with Crippen molar-refractivity contribution in [2.45, 2.75) is 57.5 Å². The van der Waals surface area contributed by atoms with E-state index in [-0.39, 0.29) is 0 Å². The van der Waals surface area contributed by atoms with Crippen molar-refractivity contribution >= 4 is 0 Å². The molecule has 1 atom stereocenters. The zero-order valence-corrected chi connectivity index (χ0v) is 10.7. The van der Waals surface area contributed by atoms with Gasteiger partial charge in [-0.15, -0.1) is 6.58 Å². The van der Waals surface area contributed by atoms with Crippen molar-refractivity contribution < 1.29 is 5.11 Å². The predicted molar refractivity (Wildman–Crippen MR) is 69.6 cm³/mol. The van der Waals surface area contributed by atoms with E-state index >= 15 is 0 Å². The second-order valence-electron chi connectivity index (χ2n) is 5.33. The smallest absolute Gasteiger partial charge is 0.0632 e. The molecule has 0 aromatic heterocycles. The van der Waals surface area contributed by atoms with Gasteiger partial charge in [0.1, 0.15) is 0 Å². The van der Waals surface area contributed by atoms with Crippen LogP contribution in [-0.4, -0.2) is 35.2 Å². The molecule has 0 radical (unpaired) electrons. The molecule has 1 saturated heterocycles. The van der Waals surface area contributed by atoms with Gasteiger partial charge in [0.2, 0.25) is 0 Å². The molecular weight excluding hydrogens is 198 g/mol. The van der Waals surface area contributed by atoms with Crippen molar-refractivity contribution in [2.75, 3.05) is 19.6 Å². The van der Waals surface area contributed by atoms with E-state index in [2.05, 4.69) is 11.5 Å². The van der Waals surface area contributed by atoms with Gasteiger partial charge < -0.3 is 10.0 Å². The molecule has 0 bridgehead atoms. The summed E-state index contributed by atoms with van der Waals surface area (Å²) in [6.45, 7) is 9.14. The number of aliphatic hydroxyl groups is 1. The van der Waals surface area contributed by atoms with E-state index in [9.17, 15) is 5.11 Å². The summed E-state index contributed by atoms with van der Waals surface area (Å²) in [6.07, 6.45) is 10.0. The minimum Gasteiger partial charge on any atom is -0.390 e. The minimum atomic E-state index is -0.419. The van der Waals surface area contributed by atoms with Crippen LogP contribution in [0.25, 0.3) is 0 Å². The van der Waals surface area contributed by atoms with Gasteiger partial charge in [0.05, 0.1) is 5.60 Å². The van der Waals surface area contributed by atoms with E-state index in [4.69, 9.17) is 0 Å². The van der Waals surface area contributed by atoms with E-state index in [1.165, 1.54) is 25.8 Å². The molecule has 1 heterocycles. The molecule has 0 spiro atoms. The molecule has 1 N–H and O–H groups in total. The summed E-state index contributed by atoms with van der Waals surface area (Å²) in [7, 11) is 0. The number of nitrogens with zero attached hydrogens (tertiary/aromatic N) is 1. The minimum absolute atomic E-state index is 0.419. The third-order valence-corrected chi connectivity index (χ3v) is 3.54. The molecule has 2 nitrogen and oxygen atoms in total. The topological polar surface area (TPSA) is 23.5 Å². The Balaban J connectivity index is 2.10. The molecule has 0 amide bonds. The molecule has 1 rings (SSSR count). The predicted octanol–water partition coefficient (Wildman–Crippen LogP) is 2.97. The summed E-state index contributed by atoms with van der Waals surface area (Å²) in [4.78, 5) is 2.51. The molecule has 0 aromatic rings. The van der Waals surface area contributed by atoms with E-state index in [0.29, 0.717) is 0 Å². The lowest BCUT2D eigenvalue weighted by molar-refractivity contribution is 0.0446. The number of hydrogen-bond acceptors (Lipinski definition) is 2. The second kappa shape index (κ2) is 7.08. The standard InChI is InChI=1S/C14H27NO/c1-3-4-5-6-7-11-15-12-8-9-14(2,16)10-13-15/h3,16H,1,4-13H2,2H3. The summed E-state index contributed by atoms with van der Waals surface area (Å²) < 4.78 is 0. The first-order chi connectivity index (χ1) is 7.64. The molecule has 1 fully saturated rings. The fourth-order valence-electron chi connectivity index (χ4n) is 2.34. The largest absolute Gasteiger partial charge is 0.390 e. The number of hydrogen-bond donors (Lipinski definition) is 1. The lowest BCUT2D eigenvalue weighted by Crippen LogP contribution is -2.29. The molecule has 2 heteroatoms. The Labute approximate surface area is 100 Å². The Morgan fingerprint density at radius 3 is 2.81 bits per heavy atom. The van der Waals surface area contributed by atoms with Crippen molar-refractivity contribution in [3.05, 3.63) is 12.7 Å². The van der Waals surface area contributed by atoms with Crippen molar-refractivity contribution in [3.63, 3.8) is 0 Å². The van der Waals surface area contributed by atoms with Crippen LogP contribution in [0.3, 0.4) is 0 Å². The first-order valence-corrected chi connectivity index (χ1v) is 6.70. The Hall–Kier alpha value is -0.340. The molecule has 94 valence electrons. The van der Waals surface area contributed by atoms with E-state index in [0.717, 1.165) is 38.8 Å². The maximum Gasteiger partial charge on any atom is 0.0632 e. The highest BCUT2D eigenvalue weighted by molar-refractivity contribution is 4.79. The molecule has 1 aliphatic heterocycles. The summed E-state index contributed by atoms with van der Waals surface area (Å²) in [6, 6.07) is 0. The maximum absolute atomic E-state index is 9.98. The van der Waals surface area contributed by atoms with E-state index in [1.807, 2.05) is 13.0 Å². The highest BCUT2D eigenvalue weighted by Gasteiger charge is 2.24. The van der Waals surface area contributed by atoms with Gasteiger partial charge in [-0.25, -0.2) is 0 Å². The zero-order chi connectivity index (χ0) is 11.9. The van der Waals surface area contributed by atoms with Crippen LogP contribution >= 0.6 is 0 Å². The fraction of sp³-hybridized carbons (Fsp3) is 0.857. The molecule has 16 heavy (non-hydrogen) atoms. The van der Waals surface area contributed by atoms with Crippen LogP contribution in [-0.2, 0) is 0 Å². The Bertz CT molecular complexity index is 201. The average molecular weight is 225 g/mol. The van der Waals surface area contributed by atoms with Crippen LogP contribution in [0.1, 0.15) is 51.9 Å². The van der Waals surface area contributed by atoms with Crippen molar-refractivity contribution in [1.82, 2.24) is 4.90 Å². The lowest BCUT2D eigenvalue weighted by Gasteiger charge is -2.22. The number of unbranched alkanes of at least 4 members (excludes halogenated alkanes) is 3. The Morgan fingerprint density at radius 2 is 2.06 bits per heavy atom. The third-order valence-electron chi connectivity index (χ3n) is 3.54. The van der Waals surface area contributed by atoms with Gasteiger partial charge in [0.25, 0.3) is 0 Å². The molecule has 0 aliphatic carbocycles. The first-order valence-electron chi connectivity index (χ1n) is 6.70. The van der Waals surface area contributed by atoms with Crippen molar-refractivity contribution in [1.29, 1.82) is 0 Å². The van der Waals surface area contributed by atoms with Crippen LogP contribution in [0.2, 0.25) is 0 Å². The van der Waals surface area contributed by atoms with E-state index < -0.39 is 5.60 Å². The maximum atomic E-state index is 9.98. The molecule has 0 aromatic carbocycles. The normalized spacial score (nSPS) is 27.6. The van der Waals surface area contributed by atoms with Gasteiger partial charge in [-0.1, -0.05) is 12.5 Å².